The van der Waals surface area contributed by atoms with Crippen molar-refractivity contribution in [1.82, 2.24) is 19.9 Å². The molecule has 2 N–H and O–H groups in total. The Kier molecular flexibility index (Phi) is 3.57. The number of nitrogens with zero attached hydrogens (tertiary/aromatic N) is 2. The van der Waals surface area contributed by atoms with Gasteiger partial charge >= 0.3 is 0 Å². The van der Waals surface area contributed by atoms with Gasteiger partial charge in [-0.2, -0.15) is 0 Å². The highest BCUT2D eigenvalue weighted by atomic mass is 16.2. The lowest BCUT2D eigenvalue weighted by Gasteiger charge is -2.14. The van der Waals surface area contributed by atoms with E-state index in [2.05, 4.69) is 15.0 Å². The van der Waals surface area contributed by atoms with E-state index in [1.54, 1.807) is 0 Å². The van der Waals surface area contributed by atoms with E-state index in [1.807, 2.05) is 53.4 Å². The Hall–Kier alpha value is -3.41. The number of para-hydroxylation sites is 2. The summed E-state index contributed by atoms with van der Waals surface area (Å²) in [5.74, 6) is 0.0684. The molecule has 1 amide bonds. The highest BCUT2D eigenvalue weighted by Crippen LogP contribution is 2.24. The van der Waals surface area contributed by atoms with Crippen LogP contribution in [0.4, 0.5) is 0 Å². The molecule has 4 aromatic rings. The number of fused-ring (bicyclic) bond motifs is 2. The summed E-state index contributed by atoms with van der Waals surface area (Å²) in [4.78, 5) is 37.6. The molecule has 0 radical (unpaired) electrons. The molecule has 2 aromatic carbocycles. The third kappa shape index (κ3) is 2.70. The van der Waals surface area contributed by atoms with Crippen LogP contribution in [0.2, 0.25) is 0 Å². The molecule has 0 atom stereocenters. The molecule has 6 nitrogen and oxygen atoms in total. The molecule has 1 fully saturated rings. The third-order valence-electron chi connectivity index (χ3n) is 5.12. The van der Waals surface area contributed by atoms with E-state index in [9.17, 15) is 9.59 Å². The Bertz CT molecular complexity index is 1230. The molecule has 27 heavy (non-hydrogen) atoms. The summed E-state index contributed by atoms with van der Waals surface area (Å²) in [6.07, 6.45) is 2.14. The fraction of sp³-hybridized carbons (Fsp3) is 0.190. The number of carbonyl (C=O) groups excluding carboxylic acids is 1. The number of amides is 1. The Balaban J connectivity index is 1.58. The van der Waals surface area contributed by atoms with Crippen molar-refractivity contribution in [3.8, 4) is 11.4 Å². The van der Waals surface area contributed by atoms with Crippen molar-refractivity contribution in [2.75, 3.05) is 13.1 Å². The van der Waals surface area contributed by atoms with Gasteiger partial charge in [-0.3, -0.25) is 9.59 Å². The summed E-state index contributed by atoms with van der Waals surface area (Å²) >= 11 is 0. The van der Waals surface area contributed by atoms with Gasteiger partial charge in [0.15, 0.2) is 5.69 Å². The highest BCUT2D eigenvalue weighted by molar-refractivity contribution is 5.99. The topological polar surface area (TPSA) is 81.8 Å². The molecule has 134 valence electrons. The standard InChI is InChI=1S/C21H18N4O2/c26-20-19(23-16-5-1-2-6-17(16)24-20)18-12-14-11-13(7-8-15(14)22-18)21(27)25-9-3-4-10-25/h1-2,5-8,11-12,22H,3-4,9-10H2,(H,24,26). The first-order valence-electron chi connectivity index (χ1n) is 9.10. The average Bonchev–Trinajstić information content (AvgIpc) is 3.36. The number of nitrogens with one attached hydrogen (secondary N) is 2. The summed E-state index contributed by atoms with van der Waals surface area (Å²) in [6, 6.07) is 14.9. The summed E-state index contributed by atoms with van der Waals surface area (Å²) in [5.41, 5.74) is 3.73. The predicted octanol–water partition coefficient (Wildman–Crippen LogP) is 3.31. The minimum Gasteiger partial charge on any atom is -0.353 e. The van der Waals surface area contributed by atoms with Crippen molar-refractivity contribution in [1.29, 1.82) is 0 Å². The van der Waals surface area contributed by atoms with Crippen molar-refractivity contribution >= 4 is 27.8 Å². The molecular weight excluding hydrogens is 340 g/mol. The largest absolute Gasteiger partial charge is 0.353 e. The van der Waals surface area contributed by atoms with Gasteiger partial charge in [0.25, 0.3) is 11.5 Å². The van der Waals surface area contributed by atoms with Crippen LogP contribution < -0.4 is 5.56 Å². The van der Waals surface area contributed by atoms with Gasteiger partial charge in [-0.1, -0.05) is 12.1 Å². The first kappa shape index (κ1) is 15.8. The van der Waals surface area contributed by atoms with Crippen LogP contribution >= 0.6 is 0 Å². The molecule has 0 spiro atoms. The van der Waals surface area contributed by atoms with E-state index in [4.69, 9.17) is 0 Å². The van der Waals surface area contributed by atoms with Gasteiger partial charge in [0, 0.05) is 29.6 Å². The molecule has 0 bridgehead atoms. The maximum atomic E-state index is 12.6. The van der Waals surface area contributed by atoms with E-state index in [-0.39, 0.29) is 11.5 Å². The fourth-order valence-corrected chi connectivity index (χ4v) is 3.71. The second-order valence-electron chi connectivity index (χ2n) is 6.92. The zero-order valence-electron chi connectivity index (χ0n) is 14.7. The molecule has 0 unspecified atom stereocenters. The number of rotatable bonds is 2. The summed E-state index contributed by atoms with van der Waals surface area (Å²) < 4.78 is 0. The first-order valence-corrected chi connectivity index (χ1v) is 9.10. The number of likely N-dealkylation sites (tertiary alicyclic amines) is 1. The highest BCUT2D eigenvalue weighted by Gasteiger charge is 2.20. The summed E-state index contributed by atoms with van der Waals surface area (Å²) in [5, 5.41) is 0.893. The van der Waals surface area contributed by atoms with Gasteiger partial charge < -0.3 is 14.9 Å². The zero-order valence-corrected chi connectivity index (χ0v) is 14.7. The zero-order chi connectivity index (χ0) is 18.4. The number of aromatic amines is 2. The molecular formula is C21H18N4O2. The smallest absolute Gasteiger partial charge is 0.276 e. The Labute approximate surface area is 154 Å². The van der Waals surface area contributed by atoms with E-state index in [1.165, 1.54) is 0 Å². The molecule has 0 saturated carbocycles. The number of carbonyl (C=O) groups is 1. The van der Waals surface area contributed by atoms with Gasteiger partial charge in [0.2, 0.25) is 0 Å². The lowest BCUT2D eigenvalue weighted by atomic mass is 10.1. The lowest BCUT2D eigenvalue weighted by molar-refractivity contribution is 0.0793. The number of hydrogen-bond acceptors (Lipinski definition) is 3. The SMILES string of the molecule is O=C(c1ccc2[nH]c(-c3nc4ccccc4[nH]c3=O)cc2c1)N1CCCC1. The predicted molar refractivity (Wildman–Crippen MR) is 105 cm³/mol. The number of benzene rings is 2. The quantitative estimate of drug-likeness (QED) is 0.577. The summed E-state index contributed by atoms with van der Waals surface area (Å²) in [6.45, 7) is 1.65. The van der Waals surface area contributed by atoms with Crippen LogP contribution in [-0.2, 0) is 0 Å². The maximum Gasteiger partial charge on any atom is 0.276 e. The molecule has 1 saturated heterocycles. The van der Waals surface area contributed by atoms with Crippen LogP contribution in [-0.4, -0.2) is 38.8 Å². The van der Waals surface area contributed by atoms with Crippen molar-refractivity contribution < 1.29 is 4.79 Å². The molecule has 6 heteroatoms. The van der Waals surface area contributed by atoms with Crippen molar-refractivity contribution in [2.24, 2.45) is 0 Å². The second-order valence-corrected chi connectivity index (χ2v) is 6.92. The minimum absolute atomic E-state index is 0.0684. The van der Waals surface area contributed by atoms with Crippen LogP contribution in [0, 0.1) is 0 Å². The van der Waals surface area contributed by atoms with Crippen LogP contribution in [0.3, 0.4) is 0 Å². The van der Waals surface area contributed by atoms with E-state index in [0.717, 1.165) is 42.4 Å². The monoisotopic (exact) mass is 358 g/mol. The molecule has 1 aliphatic rings. The maximum absolute atomic E-state index is 12.6. The Morgan fingerprint density at radius 1 is 0.963 bits per heavy atom. The van der Waals surface area contributed by atoms with E-state index in [0.29, 0.717) is 22.5 Å². The van der Waals surface area contributed by atoms with Crippen molar-refractivity contribution in [3.63, 3.8) is 0 Å². The van der Waals surface area contributed by atoms with Crippen molar-refractivity contribution in [3.05, 3.63) is 64.4 Å². The van der Waals surface area contributed by atoms with Gasteiger partial charge in [-0.25, -0.2) is 4.98 Å². The lowest BCUT2D eigenvalue weighted by Crippen LogP contribution is -2.27. The fourth-order valence-electron chi connectivity index (χ4n) is 3.71. The molecule has 0 aliphatic carbocycles. The Morgan fingerprint density at radius 3 is 2.63 bits per heavy atom. The number of hydrogen-bond donors (Lipinski definition) is 2. The third-order valence-corrected chi connectivity index (χ3v) is 5.12. The van der Waals surface area contributed by atoms with Crippen LogP contribution in [0.1, 0.15) is 23.2 Å². The molecule has 1 aliphatic heterocycles. The van der Waals surface area contributed by atoms with Gasteiger partial charge in [0.1, 0.15) is 0 Å². The first-order chi connectivity index (χ1) is 13.2. The Morgan fingerprint density at radius 2 is 1.78 bits per heavy atom. The minimum atomic E-state index is -0.242. The van der Waals surface area contributed by atoms with Crippen molar-refractivity contribution in [2.45, 2.75) is 12.8 Å². The average molecular weight is 358 g/mol. The second kappa shape index (κ2) is 6.09. The van der Waals surface area contributed by atoms with Crippen LogP contribution in [0.5, 0.6) is 0 Å². The van der Waals surface area contributed by atoms with Crippen LogP contribution in [0.15, 0.2) is 53.3 Å². The normalized spacial score (nSPS) is 14.3. The van der Waals surface area contributed by atoms with E-state index >= 15 is 0 Å². The summed E-state index contributed by atoms with van der Waals surface area (Å²) in [7, 11) is 0. The molecule has 2 aromatic heterocycles. The van der Waals surface area contributed by atoms with Gasteiger partial charge in [0.05, 0.1) is 16.7 Å². The van der Waals surface area contributed by atoms with Gasteiger partial charge in [-0.15, -0.1) is 0 Å². The van der Waals surface area contributed by atoms with Gasteiger partial charge in [-0.05, 0) is 49.2 Å². The van der Waals surface area contributed by atoms with Crippen LogP contribution in [0.25, 0.3) is 33.3 Å². The number of H-pyrrole nitrogens is 2. The molecule has 5 rings (SSSR count). The molecule has 3 heterocycles. The number of aromatic nitrogens is 3. The van der Waals surface area contributed by atoms with E-state index < -0.39 is 0 Å².